The van der Waals surface area contributed by atoms with Gasteiger partial charge in [-0.15, -0.1) is 24.0 Å². The largest absolute Gasteiger partial charge is 0.379 e. The van der Waals surface area contributed by atoms with E-state index in [1.165, 1.54) is 0 Å². The number of ether oxygens (including phenoxy) is 2. The summed E-state index contributed by atoms with van der Waals surface area (Å²) in [5, 5.41) is 10.8. The molecule has 0 spiro atoms. The number of rotatable bonds is 13. The number of unbranched alkanes of at least 4 members (excludes halogenated alkanes) is 1. The Hall–Kier alpha value is -1.65. The molecule has 8 heteroatoms. The standard InChI is InChI=1S/C21H33N5O2.HI/c1-3-5-14-27-16-17-28-15-12-23-21(22-4-2)24-18-19-7-9-20(10-8-19)26-13-6-11-25-26;/h6-11,13H,3-5,12,14-18H2,1-2H3,(H2,22,23,24);1H. The van der Waals surface area contributed by atoms with Crippen molar-refractivity contribution >= 4 is 29.9 Å². The maximum absolute atomic E-state index is 5.58. The molecule has 0 unspecified atom stereocenters. The van der Waals surface area contributed by atoms with Gasteiger partial charge < -0.3 is 20.1 Å². The van der Waals surface area contributed by atoms with Crippen LogP contribution in [0.25, 0.3) is 5.69 Å². The lowest BCUT2D eigenvalue weighted by molar-refractivity contribution is 0.0487. The van der Waals surface area contributed by atoms with Gasteiger partial charge in [0.1, 0.15) is 0 Å². The molecule has 2 aromatic rings. The number of benzene rings is 1. The van der Waals surface area contributed by atoms with Crippen LogP contribution in [0.3, 0.4) is 0 Å². The van der Waals surface area contributed by atoms with Gasteiger partial charge in [-0.2, -0.15) is 5.10 Å². The van der Waals surface area contributed by atoms with Crippen LogP contribution in [0, 0.1) is 0 Å². The zero-order chi connectivity index (χ0) is 19.9. The summed E-state index contributed by atoms with van der Waals surface area (Å²) in [5.41, 5.74) is 2.19. The number of aliphatic imine (C=N–C) groups is 1. The molecule has 0 aliphatic carbocycles. The van der Waals surface area contributed by atoms with Crippen molar-refractivity contribution in [2.45, 2.75) is 33.2 Å². The SMILES string of the molecule is CCCCOCCOCCNC(=NCc1ccc(-n2cccn2)cc1)NCC.I. The molecular weight excluding hydrogens is 481 g/mol. The minimum atomic E-state index is 0. The van der Waals surface area contributed by atoms with Crippen LogP contribution < -0.4 is 10.6 Å². The van der Waals surface area contributed by atoms with Crippen molar-refractivity contribution in [1.82, 2.24) is 20.4 Å². The smallest absolute Gasteiger partial charge is 0.191 e. The molecule has 0 atom stereocenters. The van der Waals surface area contributed by atoms with Gasteiger partial charge in [0.05, 0.1) is 32.1 Å². The van der Waals surface area contributed by atoms with Gasteiger partial charge in [-0.05, 0) is 37.1 Å². The molecule has 2 rings (SSSR count). The van der Waals surface area contributed by atoms with Crippen molar-refractivity contribution in [3.63, 3.8) is 0 Å². The zero-order valence-corrected chi connectivity index (χ0v) is 19.8. The van der Waals surface area contributed by atoms with Crippen LogP contribution in [-0.4, -0.2) is 55.3 Å². The molecule has 0 bridgehead atoms. The molecule has 2 N–H and O–H groups in total. The Morgan fingerprint density at radius 3 is 2.45 bits per heavy atom. The van der Waals surface area contributed by atoms with Crippen molar-refractivity contribution in [1.29, 1.82) is 0 Å². The van der Waals surface area contributed by atoms with Crippen molar-refractivity contribution in [2.75, 3.05) is 39.5 Å². The van der Waals surface area contributed by atoms with Crippen LogP contribution in [0.5, 0.6) is 0 Å². The monoisotopic (exact) mass is 515 g/mol. The average molecular weight is 515 g/mol. The fourth-order valence-electron chi connectivity index (χ4n) is 2.50. The first-order valence-electron chi connectivity index (χ1n) is 10.1. The predicted octanol–water partition coefficient (Wildman–Crippen LogP) is 3.38. The van der Waals surface area contributed by atoms with Crippen molar-refractivity contribution in [3.05, 3.63) is 48.3 Å². The first kappa shape index (κ1) is 25.4. The van der Waals surface area contributed by atoms with Gasteiger partial charge in [0, 0.05) is 32.1 Å². The van der Waals surface area contributed by atoms with Gasteiger partial charge in [-0.25, -0.2) is 9.67 Å². The third-order valence-electron chi connectivity index (χ3n) is 4.02. The van der Waals surface area contributed by atoms with E-state index in [4.69, 9.17) is 9.47 Å². The minimum absolute atomic E-state index is 0. The molecule has 0 aliphatic heterocycles. The number of guanidine groups is 1. The van der Waals surface area contributed by atoms with Crippen molar-refractivity contribution in [3.8, 4) is 5.69 Å². The van der Waals surface area contributed by atoms with E-state index in [0.717, 1.165) is 43.2 Å². The van der Waals surface area contributed by atoms with Gasteiger partial charge in [-0.1, -0.05) is 25.5 Å². The summed E-state index contributed by atoms with van der Waals surface area (Å²) in [6.45, 7) is 9.07. The van der Waals surface area contributed by atoms with Crippen molar-refractivity contribution in [2.24, 2.45) is 4.99 Å². The molecule has 0 saturated carbocycles. The molecular formula is C21H34IN5O2. The van der Waals surface area contributed by atoms with Crippen LogP contribution in [-0.2, 0) is 16.0 Å². The number of aromatic nitrogens is 2. The molecule has 0 fully saturated rings. The lowest BCUT2D eigenvalue weighted by atomic mass is 10.2. The Morgan fingerprint density at radius 2 is 1.79 bits per heavy atom. The van der Waals surface area contributed by atoms with Crippen molar-refractivity contribution < 1.29 is 9.47 Å². The Kier molecular flexibility index (Phi) is 14.2. The molecule has 29 heavy (non-hydrogen) atoms. The molecule has 0 radical (unpaired) electrons. The number of nitrogens with zero attached hydrogens (tertiary/aromatic N) is 3. The van der Waals surface area contributed by atoms with Crippen LogP contribution in [0.2, 0.25) is 0 Å². The third-order valence-corrected chi connectivity index (χ3v) is 4.02. The van der Waals surface area contributed by atoms with Crippen LogP contribution in [0.1, 0.15) is 32.3 Å². The molecule has 162 valence electrons. The molecule has 1 heterocycles. The minimum Gasteiger partial charge on any atom is -0.379 e. The van der Waals surface area contributed by atoms with E-state index in [1.807, 2.05) is 16.9 Å². The fourth-order valence-corrected chi connectivity index (χ4v) is 2.50. The molecule has 0 amide bonds. The molecule has 1 aromatic heterocycles. The van der Waals surface area contributed by atoms with E-state index >= 15 is 0 Å². The second-order valence-electron chi connectivity index (χ2n) is 6.32. The number of hydrogen-bond donors (Lipinski definition) is 2. The summed E-state index contributed by atoms with van der Waals surface area (Å²) in [4.78, 5) is 4.64. The number of halogens is 1. The average Bonchev–Trinajstić information content (AvgIpc) is 3.26. The molecule has 7 nitrogen and oxygen atoms in total. The number of nitrogens with one attached hydrogen (secondary N) is 2. The fraction of sp³-hybridized carbons (Fsp3) is 0.524. The molecule has 1 aromatic carbocycles. The van der Waals surface area contributed by atoms with E-state index in [-0.39, 0.29) is 24.0 Å². The van der Waals surface area contributed by atoms with E-state index in [1.54, 1.807) is 6.20 Å². The maximum Gasteiger partial charge on any atom is 0.191 e. The van der Waals surface area contributed by atoms with Crippen LogP contribution in [0.4, 0.5) is 0 Å². The highest BCUT2D eigenvalue weighted by Crippen LogP contribution is 2.09. The quantitative estimate of drug-likeness (QED) is 0.185. The third kappa shape index (κ3) is 10.6. The van der Waals surface area contributed by atoms with Gasteiger partial charge in [0.15, 0.2) is 5.96 Å². The second kappa shape index (κ2) is 16.2. The molecule has 0 saturated heterocycles. The Balaban J connectivity index is 0.00000420. The zero-order valence-electron chi connectivity index (χ0n) is 17.5. The van der Waals surface area contributed by atoms with E-state index in [9.17, 15) is 0 Å². The summed E-state index contributed by atoms with van der Waals surface area (Å²) in [5.74, 6) is 0.793. The van der Waals surface area contributed by atoms with Gasteiger partial charge >= 0.3 is 0 Å². The number of hydrogen-bond acceptors (Lipinski definition) is 4. The second-order valence-corrected chi connectivity index (χ2v) is 6.32. The van der Waals surface area contributed by atoms with Crippen LogP contribution >= 0.6 is 24.0 Å². The van der Waals surface area contributed by atoms with E-state index < -0.39 is 0 Å². The molecule has 0 aliphatic rings. The summed E-state index contributed by atoms with van der Waals surface area (Å²) < 4.78 is 12.9. The lowest BCUT2D eigenvalue weighted by Crippen LogP contribution is -2.39. The summed E-state index contributed by atoms with van der Waals surface area (Å²) >= 11 is 0. The lowest BCUT2D eigenvalue weighted by Gasteiger charge is -2.12. The Labute approximate surface area is 191 Å². The van der Waals surface area contributed by atoms with Gasteiger partial charge in [-0.3, -0.25) is 0 Å². The first-order chi connectivity index (χ1) is 13.8. The van der Waals surface area contributed by atoms with Gasteiger partial charge in [0.25, 0.3) is 0 Å². The highest BCUT2D eigenvalue weighted by molar-refractivity contribution is 14.0. The normalized spacial score (nSPS) is 11.2. The van der Waals surface area contributed by atoms with Crippen LogP contribution in [0.15, 0.2) is 47.7 Å². The summed E-state index contributed by atoms with van der Waals surface area (Å²) in [6.07, 6.45) is 5.97. The maximum atomic E-state index is 5.58. The first-order valence-corrected chi connectivity index (χ1v) is 10.1. The van der Waals surface area contributed by atoms with Gasteiger partial charge in [0.2, 0.25) is 0 Å². The Bertz CT molecular complexity index is 662. The highest BCUT2D eigenvalue weighted by Gasteiger charge is 2.00. The van der Waals surface area contributed by atoms with E-state index in [2.05, 4.69) is 58.8 Å². The topological polar surface area (TPSA) is 72.7 Å². The predicted molar refractivity (Wildman–Crippen MR) is 128 cm³/mol. The highest BCUT2D eigenvalue weighted by atomic mass is 127. The Morgan fingerprint density at radius 1 is 1.03 bits per heavy atom. The summed E-state index contributed by atoms with van der Waals surface area (Å²) in [6, 6.07) is 10.2. The van der Waals surface area contributed by atoms with E-state index in [0.29, 0.717) is 32.9 Å². The summed E-state index contributed by atoms with van der Waals surface area (Å²) in [7, 11) is 0.